The zero-order chi connectivity index (χ0) is 22.3. The maximum Gasteiger partial charge on any atom is 0.272 e. The topological polar surface area (TPSA) is 70.2 Å². The van der Waals surface area contributed by atoms with E-state index in [4.69, 9.17) is 4.74 Å². The van der Waals surface area contributed by atoms with E-state index >= 15 is 0 Å². The van der Waals surface area contributed by atoms with Crippen LogP contribution >= 0.6 is 0 Å². The smallest absolute Gasteiger partial charge is 0.272 e. The highest BCUT2D eigenvalue weighted by Crippen LogP contribution is 2.23. The van der Waals surface area contributed by atoms with Crippen LogP contribution in [0.5, 0.6) is 5.75 Å². The Bertz CT molecular complexity index is 1170. The molecule has 0 fully saturated rings. The van der Waals surface area contributed by atoms with Crippen LogP contribution in [-0.4, -0.2) is 33.9 Å². The van der Waals surface area contributed by atoms with E-state index in [9.17, 15) is 4.79 Å². The average Bonchev–Trinajstić information content (AvgIpc) is 3.26. The van der Waals surface area contributed by atoms with Gasteiger partial charge in [0.1, 0.15) is 18.1 Å². The molecule has 2 aromatic carbocycles. The minimum absolute atomic E-state index is 0.173. The van der Waals surface area contributed by atoms with E-state index in [1.165, 1.54) is 5.56 Å². The van der Waals surface area contributed by atoms with Crippen LogP contribution in [0.1, 0.15) is 35.6 Å². The molecule has 0 aliphatic rings. The van der Waals surface area contributed by atoms with E-state index in [0.717, 1.165) is 47.7 Å². The molecular weight excluding hydrogens is 400 g/mol. The predicted molar refractivity (Wildman–Crippen MR) is 128 cm³/mol. The molecule has 2 N–H and O–H groups in total. The van der Waals surface area contributed by atoms with Crippen LogP contribution < -0.4 is 10.1 Å². The third kappa shape index (κ3) is 5.34. The second kappa shape index (κ2) is 10.1. The lowest BCUT2D eigenvalue weighted by molar-refractivity contribution is 0.102. The molecule has 4 aromatic rings. The van der Waals surface area contributed by atoms with Crippen molar-refractivity contribution >= 4 is 22.5 Å². The van der Waals surface area contributed by atoms with E-state index in [0.29, 0.717) is 12.3 Å². The number of aromatic nitrogens is 2. The number of hydrogen-bond acceptors (Lipinski definition) is 4. The van der Waals surface area contributed by atoms with Gasteiger partial charge in [0, 0.05) is 29.3 Å². The summed E-state index contributed by atoms with van der Waals surface area (Å²) in [5.74, 6) is 0.562. The Labute approximate surface area is 188 Å². The minimum atomic E-state index is -0.173. The van der Waals surface area contributed by atoms with Crippen molar-refractivity contribution < 1.29 is 9.53 Å². The summed E-state index contributed by atoms with van der Waals surface area (Å²) in [7, 11) is 0. The first-order valence-electron chi connectivity index (χ1n) is 10.9. The summed E-state index contributed by atoms with van der Waals surface area (Å²) >= 11 is 0. The van der Waals surface area contributed by atoms with Crippen molar-refractivity contribution in [2.45, 2.75) is 27.0 Å². The van der Waals surface area contributed by atoms with Crippen LogP contribution in [0.3, 0.4) is 0 Å². The zero-order valence-electron chi connectivity index (χ0n) is 18.5. The second-order valence-electron chi connectivity index (χ2n) is 7.65. The number of aromatic amines is 1. The first kappa shape index (κ1) is 21.6. The highest BCUT2D eigenvalue weighted by Gasteiger charge is 2.11. The summed E-state index contributed by atoms with van der Waals surface area (Å²) in [6, 6.07) is 21.3. The number of ether oxygens (including phenoxy) is 1. The molecule has 0 saturated heterocycles. The molecule has 0 bridgehead atoms. The summed E-state index contributed by atoms with van der Waals surface area (Å²) in [4.78, 5) is 22.5. The van der Waals surface area contributed by atoms with Crippen LogP contribution in [0, 0.1) is 0 Å². The summed E-state index contributed by atoms with van der Waals surface area (Å²) in [5.41, 5.74) is 4.26. The van der Waals surface area contributed by atoms with Gasteiger partial charge in [-0.2, -0.15) is 0 Å². The number of amides is 1. The van der Waals surface area contributed by atoms with Crippen molar-refractivity contribution in [3.8, 4) is 5.75 Å². The SMILES string of the molecule is CCN(CC)Cc1ccc(NC(=O)c2cc3cc(OCc4ccccn4)ccc3[nH]2)cc1. The molecule has 4 rings (SSSR count). The molecule has 1 amide bonds. The molecule has 6 heteroatoms. The van der Waals surface area contributed by atoms with Gasteiger partial charge in [-0.3, -0.25) is 14.7 Å². The van der Waals surface area contributed by atoms with Crippen molar-refractivity contribution in [1.29, 1.82) is 0 Å². The number of hydrogen-bond donors (Lipinski definition) is 2. The Hall–Kier alpha value is -3.64. The van der Waals surface area contributed by atoms with Gasteiger partial charge in [-0.05, 0) is 67.2 Å². The van der Waals surface area contributed by atoms with Gasteiger partial charge in [0.05, 0.1) is 5.69 Å². The quantitative estimate of drug-likeness (QED) is 0.383. The number of fused-ring (bicyclic) bond motifs is 1. The Morgan fingerprint density at radius 3 is 2.56 bits per heavy atom. The van der Waals surface area contributed by atoms with E-state index in [2.05, 4.69) is 46.2 Å². The molecule has 0 radical (unpaired) electrons. The van der Waals surface area contributed by atoms with Crippen LogP contribution in [-0.2, 0) is 13.2 Å². The first-order chi connectivity index (χ1) is 15.6. The maximum absolute atomic E-state index is 12.7. The Kier molecular flexibility index (Phi) is 6.82. The molecule has 0 spiro atoms. The highest BCUT2D eigenvalue weighted by molar-refractivity contribution is 6.06. The summed E-state index contributed by atoms with van der Waals surface area (Å²) < 4.78 is 5.84. The molecule has 2 aromatic heterocycles. The van der Waals surface area contributed by atoms with Crippen molar-refractivity contribution in [2.24, 2.45) is 0 Å². The number of H-pyrrole nitrogens is 1. The number of carbonyl (C=O) groups is 1. The third-order valence-corrected chi connectivity index (χ3v) is 5.46. The Balaban J connectivity index is 1.40. The van der Waals surface area contributed by atoms with Crippen molar-refractivity contribution in [3.05, 3.63) is 89.9 Å². The fourth-order valence-electron chi connectivity index (χ4n) is 3.56. The van der Waals surface area contributed by atoms with Crippen molar-refractivity contribution in [3.63, 3.8) is 0 Å². The number of rotatable bonds is 9. The summed E-state index contributed by atoms with van der Waals surface area (Å²) in [6.45, 7) is 7.67. The highest BCUT2D eigenvalue weighted by atomic mass is 16.5. The van der Waals surface area contributed by atoms with Gasteiger partial charge in [0.15, 0.2) is 0 Å². The lowest BCUT2D eigenvalue weighted by atomic mass is 10.2. The van der Waals surface area contributed by atoms with Gasteiger partial charge in [0.2, 0.25) is 0 Å². The largest absolute Gasteiger partial charge is 0.487 e. The molecule has 164 valence electrons. The van der Waals surface area contributed by atoms with Gasteiger partial charge in [-0.25, -0.2) is 0 Å². The lowest BCUT2D eigenvalue weighted by Crippen LogP contribution is -2.22. The second-order valence-corrected chi connectivity index (χ2v) is 7.65. The van der Waals surface area contributed by atoms with Crippen LogP contribution in [0.4, 0.5) is 5.69 Å². The Morgan fingerprint density at radius 2 is 1.84 bits per heavy atom. The van der Waals surface area contributed by atoms with Gasteiger partial charge < -0.3 is 15.0 Å². The van der Waals surface area contributed by atoms with Crippen molar-refractivity contribution in [2.75, 3.05) is 18.4 Å². The van der Waals surface area contributed by atoms with Gasteiger partial charge in [0.25, 0.3) is 5.91 Å². The van der Waals surface area contributed by atoms with E-state index < -0.39 is 0 Å². The molecule has 0 aliphatic heterocycles. The van der Waals surface area contributed by atoms with Gasteiger partial charge in [-0.15, -0.1) is 0 Å². The number of pyridine rings is 1. The number of anilines is 1. The zero-order valence-corrected chi connectivity index (χ0v) is 18.5. The van der Waals surface area contributed by atoms with Crippen LogP contribution in [0.2, 0.25) is 0 Å². The van der Waals surface area contributed by atoms with E-state index in [1.807, 2.05) is 54.6 Å². The molecule has 0 aliphatic carbocycles. The molecule has 32 heavy (non-hydrogen) atoms. The number of nitrogens with one attached hydrogen (secondary N) is 2. The predicted octanol–water partition coefficient (Wildman–Crippen LogP) is 5.24. The fourth-order valence-corrected chi connectivity index (χ4v) is 3.56. The molecule has 0 saturated carbocycles. The summed E-state index contributed by atoms with van der Waals surface area (Å²) in [6.07, 6.45) is 1.75. The molecule has 6 nitrogen and oxygen atoms in total. The molecule has 0 atom stereocenters. The normalized spacial score (nSPS) is 11.1. The molecule has 0 unspecified atom stereocenters. The van der Waals surface area contributed by atoms with Crippen LogP contribution in [0.25, 0.3) is 10.9 Å². The molecular formula is C26H28N4O2. The number of carbonyl (C=O) groups excluding carboxylic acids is 1. The Morgan fingerprint density at radius 1 is 1.03 bits per heavy atom. The fraction of sp³-hybridized carbons (Fsp3) is 0.231. The van der Waals surface area contributed by atoms with E-state index in [1.54, 1.807) is 6.20 Å². The standard InChI is InChI=1S/C26H28N4O2/c1-3-30(4-2)17-19-8-10-21(11-9-19)28-26(31)25-16-20-15-23(12-13-24(20)29-25)32-18-22-7-5-6-14-27-22/h5-16,29H,3-4,17-18H2,1-2H3,(H,28,31). The number of nitrogens with zero attached hydrogens (tertiary/aromatic N) is 2. The van der Waals surface area contributed by atoms with Gasteiger partial charge in [-0.1, -0.05) is 32.0 Å². The lowest BCUT2D eigenvalue weighted by Gasteiger charge is -2.18. The van der Waals surface area contributed by atoms with Crippen molar-refractivity contribution in [1.82, 2.24) is 14.9 Å². The van der Waals surface area contributed by atoms with Crippen LogP contribution in [0.15, 0.2) is 72.9 Å². The first-order valence-corrected chi connectivity index (χ1v) is 10.9. The van der Waals surface area contributed by atoms with Gasteiger partial charge >= 0.3 is 0 Å². The monoisotopic (exact) mass is 428 g/mol. The average molecular weight is 429 g/mol. The minimum Gasteiger partial charge on any atom is -0.487 e. The third-order valence-electron chi connectivity index (χ3n) is 5.46. The number of benzene rings is 2. The van der Waals surface area contributed by atoms with E-state index in [-0.39, 0.29) is 5.91 Å². The summed E-state index contributed by atoms with van der Waals surface area (Å²) in [5, 5.41) is 3.89. The maximum atomic E-state index is 12.7. The molecule has 2 heterocycles.